The Labute approximate surface area is 90.1 Å². The van der Waals surface area contributed by atoms with Crippen molar-refractivity contribution in [3.8, 4) is 0 Å². The van der Waals surface area contributed by atoms with E-state index in [9.17, 15) is 9.59 Å². The fraction of sp³-hybridized carbons (Fsp3) is 0.667. The zero-order chi connectivity index (χ0) is 10.8. The van der Waals surface area contributed by atoms with Crippen LogP contribution < -0.4 is 0 Å². The SMILES string of the molecule is CC1CCC(CN2C(=O)C=CC2=O)CC1. The molecule has 0 N–H and O–H groups in total. The van der Waals surface area contributed by atoms with E-state index in [0.29, 0.717) is 12.5 Å². The Balaban J connectivity index is 1.87. The van der Waals surface area contributed by atoms with Gasteiger partial charge >= 0.3 is 0 Å². The van der Waals surface area contributed by atoms with Crippen molar-refractivity contribution in [3.05, 3.63) is 12.2 Å². The monoisotopic (exact) mass is 207 g/mol. The minimum atomic E-state index is -0.140. The molecule has 0 spiro atoms. The number of carbonyl (C=O) groups excluding carboxylic acids is 2. The zero-order valence-corrected chi connectivity index (χ0v) is 9.11. The highest BCUT2D eigenvalue weighted by molar-refractivity contribution is 6.12. The maximum Gasteiger partial charge on any atom is 0.253 e. The fourth-order valence-corrected chi connectivity index (χ4v) is 2.38. The Kier molecular flexibility index (Phi) is 2.89. The van der Waals surface area contributed by atoms with Crippen molar-refractivity contribution in [2.24, 2.45) is 11.8 Å². The van der Waals surface area contributed by atoms with E-state index in [1.54, 1.807) is 0 Å². The van der Waals surface area contributed by atoms with E-state index in [-0.39, 0.29) is 11.8 Å². The van der Waals surface area contributed by atoms with Gasteiger partial charge in [0.1, 0.15) is 0 Å². The Morgan fingerprint density at radius 3 is 2.20 bits per heavy atom. The highest BCUT2D eigenvalue weighted by Gasteiger charge is 2.28. The van der Waals surface area contributed by atoms with Crippen LogP contribution in [0.3, 0.4) is 0 Å². The predicted octanol–water partition coefficient (Wildman–Crippen LogP) is 1.74. The van der Waals surface area contributed by atoms with Crippen molar-refractivity contribution in [1.82, 2.24) is 4.90 Å². The lowest BCUT2D eigenvalue weighted by Crippen LogP contribution is -2.35. The third kappa shape index (κ3) is 2.28. The molecule has 1 saturated carbocycles. The van der Waals surface area contributed by atoms with Crippen LogP contribution in [0.2, 0.25) is 0 Å². The molecule has 2 rings (SSSR count). The first kappa shape index (κ1) is 10.4. The number of hydrogen-bond donors (Lipinski definition) is 0. The summed E-state index contributed by atoms with van der Waals surface area (Å²) in [6.07, 6.45) is 7.50. The smallest absolute Gasteiger partial charge is 0.253 e. The van der Waals surface area contributed by atoms with Gasteiger partial charge in [-0.1, -0.05) is 19.8 Å². The van der Waals surface area contributed by atoms with Gasteiger partial charge in [-0.25, -0.2) is 0 Å². The largest absolute Gasteiger partial charge is 0.275 e. The first-order chi connectivity index (χ1) is 7.16. The predicted molar refractivity (Wildman–Crippen MR) is 57.0 cm³/mol. The van der Waals surface area contributed by atoms with E-state index < -0.39 is 0 Å². The van der Waals surface area contributed by atoms with E-state index in [1.165, 1.54) is 29.9 Å². The molecule has 3 nitrogen and oxygen atoms in total. The molecule has 0 unspecified atom stereocenters. The molecule has 2 amide bonds. The molecular formula is C12H17NO2. The zero-order valence-electron chi connectivity index (χ0n) is 9.11. The summed E-state index contributed by atoms with van der Waals surface area (Å²) in [4.78, 5) is 24.1. The number of amides is 2. The van der Waals surface area contributed by atoms with Crippen molar-refractivity contribution in [1.29, 1.82) is 0 Å². The minimum Gasteiger partial charge on any atom is -0.275 e. The first-order valence-corrected chi connectivity index (χ1v) is 5.70. The van der Waals surface area contributed by atoms with Crippen LogP contribution in [0, 0.1) is 11.8 Å². The van der Waals surface area contributed by atoms with Crippen molar-refractivity contribution >= 4 is 11.8 Å². The molecule has 2 aliphatic rings. The lowest BCUT2D eigenvalue weighted by Gasteiger charge is -2.28. The molecule has 82 valence electrons. The highest BCUT2D eigenvalue weighted by Crippen LogP contribution is 2.29. The molecule has 1 heterocycles. The maximum atomic E-state index is 11.3. The van der Waals surface area contributed by atoms with E-state index in [4.69, 9.17) is 0 Å². The Morgan fingerprint density at radius 1 is 1.13 bits per heavy atom. The quantitative estimate of drug-likeness (QED) is 0.647. The lowest BCUT2D eigenvalue weighted by atomic mass is 9.83. The van der Waals surface area contributed by atoms with Crippen LogP contribution in [-0.4, -0.2) is 23.3 Å². The van der Waals surface area contributed by atoms with Gasteiger partial charge in [0.2, 0.25) is 0 Å². The molecule has 15 heavy (non-hydrogen) atoms. The minimum absolute atomic E-state index is 0.140. The maximum absolute atomic E-state index is 11.3. The molecule has 0 aromatic heterocycles. The van der Waals surface area contributed by atoms with Gasteiger partial charge in [-0.05, 0) is 24.7 Å². The Hall–Kier alpha value is -1.12. The second-order valence-corrected chi connectivity index (χ2v) is 4.75. The van der Waals surface area contributed by atoms with E-state index in [0.717, 1.165) is 18.8 Å². The van der Waals surface area contributed by atoms with E-state index in [1.807, 2.05) is 0 Å². The van der Waals surface area contributed by atoms with Crippen LogP contribution >= 0.6 is 0 Å². The molecule has 0 atom stereocenters. The molecule has 1 aliphatic heterocycles. The number of imide groups is 1. The van der Waals surface area contributed by atoms with Gasteiger partial charge in [-0.2, -0.15) is 0 Å². The van der Waals surface area contributed by atoms with E-state index in [2.05, 4.69) is 6.92 Å². The summed E-state index contributed by atoms with van der Waals surface area (Å²) in [7, 11) is 0. The first-order valence-electron chi connectivity index (χ1n) is 5.70. The summed E-state index contributed by atoms with van der Waals surface area (Å²) in [5, 5.41) is 0. The highest BCUT2D eigenvalue weighted by atomic mass is 16.2. The number of rotatable bonds is 2. The molecule has 0 bridgehead atoms. The molecule has 3 heteroatoms. The third-order valence-corrected chi connectivity index (χ3v) is 3.48. The van der Waals surface area contributed by atoms with Crippen LogP contribution in [0.25, 0.3) is 0 Å². The number of nitrogens with zero attached hydrogens (tertiary/aromatic N) is 1. The molecular weight excluding hydrogens is 190 g/mol. The summed E-state index contributed by atoms with van der Waals surface area (Å²) in [5.41, 5.74) is 0. The Bertz CT molecular complexity index is 283. The van der Waals surface area contributed by atoms with Crippen molar-refractivity contribution in [2.75, 3.05) is 6.54 Å². The van der Waals surface area contributed by atoms with Crippen LogP contribution in [0.4, 0.5) is 0 Å². The van der Waals surface area contributed by atoms with Crippen LogP contribution in [-0.2, 0) is 9.59 Å². The average molecular weight is 207 g/mol. The molecule has 0 aromatic carbocycles. The van der Waals surface area contributed by atoms with Gasteiger partial charge in [-0.3, -0.25) is 14.5 Å². The number of hydrogen-bond acceptors (Lipinski definition) is 2. The Morgan fingerprint density at radius 2 is 1.67 bits per heavy atom. The van der Waals surface area contributed by atoms with Crippen molar-refractivity contribution in [2.45, 2.75) is 32.6 Å². The normalized spacial score (nSPS) is 31.4. The molecule has 1 fully saturated rings. The summed E-state index contributed by atoms with van der Waals surface area (Å²) in [6.45, 7) is 2.89. The second kappa shape index (κ2) is 4.17. The number of carbonyl (C=O) groups is 2. The van der Waals surface area contributed by atoms with Crippen LogP contribution in [0.1, 0.15) is 32.6 Å². The average Bonchev–Trinajstić information content (AvgIpc) is 2.53. The summed E-state index contributed by atoms with van der Waals surface area (Å²) in [6, 6.07) is 0. The van der Waals surface area contributed by atoms with Crippen LogP contribution in [0.5, 0.6) is 0 Å². The third-order valence-electron chi connectivity index (χ3n) is 3.48. The van der Waals surface area contributed by atoms with Gasteiger partial charge in [0.15, 0.2) is 0 Å². The van der Waals surface area contributed by atoms with Gasteiger partial charge in [-0.15, -0.1) is 0 Å². The molecule has 1 aliphatic carbocycles. The summed E-state index contributed by atoms with van der Waals surface area (Å²) >= 11 is 0. The molecule has 0 saturated heterocycles. The lowest BCUT2D eigenvalue weighted by molar-refractivity contribution is -0.137. The van der Waals surface area contributed by atoms with Crippen molar-refractivity contribution < 1.29 is 9.59 Å². The van der Waals surface area contributed by atoms with Gasteiger partial charge in [0.05, 0.1) is 0 Å². The topological polar surface area (TPSA) is 37.4 Å². The second-order valence-electron chi connectivity index (χ2n) is 4.75. The summed E-state index contributed by atoms with van der Waals surface area (Å²) < 4.78 is 0. The standard InChI is InChI=1S/C12H17NO2/c1-9-2-4-10(5-3-9)8-13-11(14)6-7-12(13)15/h6-7,9-10H,2-5,8H2,1H3. The van der Waals surface area contributed by atoms with E-state index >= 15 is 0 Å². The molecule has 0 aromatic rings. The summed E-state index contributed by atoms with van der Waals surface area (Å²) in [5.74, 6) is 1.05. The fourth-order valence-electron chi connectivity index (χ4n) is 2.38. The molecule has 0 radical (unpaired) electrons. The van der Waals surface area contributed by atoms with Crippen LogP contribution in [0.15, 0.2) is 12.2 Å². The van der Waals surface area contributed by atoms with Gasteiger partial charge in [0, 0.05) is 18.7 Å². The van der Waals surface area contributed by atoms with Crippen molar-refractivity contribution in [3.63, 3.8) is 0 Å². The van der Waals surface area contributed by atoms with Gasteiger partial charge in [0.25, 0.3) is 11.8 Å². The van der Waals surface area contributed by atoms with Gasteiger partial charge < -0.3 is 0 Å².